The second-order valence-electron chi connectivity index (χ2n) is 7.61. The van der Waals surface area contributed by atoms with Crippen LogP contribution in [0.4, 0.5) is 0 Å². The van der Waals surface area contributed by atoms with Gasteiger partial charge in [0.1, 0.15) is 11.3 Å². The lowest BCUT2D eigenvalue weighted by molar-refractivity contribution is -0.684. The van der Waals surface area contributed by atoms with Crippen LogP contribution in [0, 0.1) is 13.8 Å². The molecule has 168 valence electrons. The van der Waals surface area contributed by atoms with Gasteiger partial charge >= 0.3 is 6.01 Å². The zero-order chi connectivity index (χ0) is 23.3. The van der Waals surface area contributed by atoms with Crippen LogP contribution in [0.15, 0.2) is 36.5 Å². The number of nitrogens with zero attached hydrogens (tertiary/aromatic N) is 2. The van der Waals surface area contributed by atoms with Crippen LogP contribution in [0.3, 0.4) is 0 Å². The van der Waals surface area contributed by atoms with E-state index in [9.17, 15) is 0 Å². The maximum Gasteiger partial charge on any atom is 0.500 e. The van der Waals surface area contributed by atoms with Gasteiger partial charge in [0.05, 0.1) is 35.0 Å². The largest absolute Gasteiger partial charge is 0.500 e. The van der Waals surface area contributed by atoms with Crippen molar-refractivity contribution < 1.29 is 23.5 Å². The van der Waals surface area contributed by atoms with Crippen LogP contribution in [-0.2, 0) is 18.4 Å². The summed E-state index contributed by atoms with van der Waals surface area (Å²) in [5.74, 6) is 1.49. The van der Waals surface area contributed by atoms with Crippen molar-refractivity contribution in [3.05, 3.63) is 64.3 Å². The van der Waals surface area contributed by atoms with Gasteiger partial charge in [0, 0.05) is 12.7 Å². The molecule has 0 saturated carbocycles. The topological polar surface area (TPSA) is 53.7 Å². The third-order valence-corrected chi connectivity index (χ3v) is 5.36. The highest BCUT2D eigenvalue weighted by atomic mass is 16.5. The Morgan fingerprint density at radius 3 is 2.31 bits per heavy atom. The molecule has 0 unspecified atom stereocenters. The first-order valence-corrected chi connectivity index (χ1v) is 10.4. The van der Waals surface area contributed by atoms with Crippen molar-refractivity contribution in [2.24, 2.45) is 7.05 Å². The second kappa shape index (κ2) is 10.3. The highest BCUT2D eigenvalue weighted by Gasteiger charge is 2.22. The van der Waals surface area contributed by atoms with E-state index < -0.39 is 0 Å². The number of aromatic nitrogens is 2. The minimum atomic E-state index is 0.473. The van der Waals surface area contributed by atoms with Crippen LogP contribution < -0.4 is 18.8 Å². The summed E-state index contributed by atoms with van der Waals surface area (Å²) in [5, 5.41) is 0. The molecular formula is C26H31N2O4+. The van der Waals surface area contributed by atoms with E-state index in [2.05, 4.69) is 54.4 Å². The van der Waals surface area contributed by atoms with E-state index in [1.165, 1.54) is 5.56 Å². The molecule has 0 saturated heterocycles. The number of hydrogen-bond donors (Lipinski definition) is 0. The first kappa shape index (κ1) is 23.3. The highest BCUT2D eigenvalue weighted by molar-refractivity contribution is 5.79. The van der Waals surface area contributed by atoms with E-state index in [-0.39, 0.29) is 0 Å². The molecule has 0 aliphatic carbocycles. The van der Waals surface area contributed by atoms with E-state index in [1.807, 2.05) is 14.0 Å². The van der Waals surface area contributed by atoms with Crippen LogP contribution in [0.1, 0.15) is 27.8 Å². The van der Waals surface area contributed by atoms with Crippen LogP contribution in [0.5, 0.6) is 17.6 Å². The van der Waals surface area contributed by atoms with E-state index >= 15 is 0 Å². The zero-order valence-corrected chi connectivity index (χ0v) is 19.9. The lowest BCUT2D eigenvalue weighted by Crippen LogP contribution is -2.34. The molecule has 1 aromatic heterocycles. The smallest absolute Gasteiger partial charge is 0.496 e. The number of methoxy groups -OCH3 is 4. The number of hydrogen-bond acceptors (Lipinski definition) is 5. The summed E-state index contributed by atoms with van der Waals surface area (Å²) in [5.41, 5.74) is 7.29. The van der Waals surface area contributed by atoms with Gasteiger partial charge in [-0.2, -0.15) is 4.57 Å². The molecule has 0 aliphatic heterocycles. The molecule has 1 heterocycles. The van der Waals surface area contributed by atoms with Crippen LogP contribution in [0.25, 0.3) is 23.3 Å². The summed E-state index contributed by atoms with van der Waals surface area (Å²) in [6.45, 7) is 4.67. The van der Waals surface area contributed by atoms with Gasteiger partial charge in [-0.15, -0.1) is 0 Å². The summed E-state index contributed by atoms with van der Waals surface area (Å²) < 4.78 is 23.9. The molecule has 6 heteroatoms. The van der Waals surface area contributed by atoms with Gasteiger partial charge in [0.2, 0.25) is 0 Å². The predicted octanol–water partition coefficient (Wildman–Crippen LogP) is 4.53. The minimum absolute atomic E-state index is 0.473. The van der Waals surface area contributed by atoms with Crippen LogP contribution in [-0.4, -0.2) is 33.4 Å². The Morgan fingerprint density at radius 2 is 1.66 bits per heavy atom. The monoisotopic (exact) mass is 435 g/mol. The number of ether oxygens (including phenoxy) is 4. The van der Waals surface area contributed by atoms with Crippen molar-refractivity contribution >= 4 is 12.2 Å². The Morgan fingerprint density at radius 1 is 0.906 bits per heavy atom. The van der Waals surface area contributed by atoms with Gasteiger partial charge in [-0.25, -0.2) is 0 Å². The molecule has 0 N–H and O–H groups in total. The van der Waals surface area contributed by atoms with Crippen LogP contribution >= 0.6 is 0 Å². The van der Waals surface area contributed by atoms with Crippen molar-refractivity contribution in [2.75, 3.05) is 28.4 Å². The first-order chi connectivity index (χ1) is 15.4. The fraction of sp³-hybridized carbons (Fsp3) is 0.308. The molecular weight excluding hydrogens is 404 g/mol. The SMILES string of the molecule is COCc1cc(C)ccc1C=Cc1cc(-c2cnc(OC)[n+](C)c2OC)cc(C)c1OC. The number of aryl methyl sites for hydroxylation is 2. The molecule has 0 atom stereocenters. The maximum atomic E-state index is 5.72. The van der Waals surface area contributed by atoms with E-state index in [0.29, 0.717) is 18.5 Å². The van der Waals surface area contributed by atoms with E-state index in [1.54, 1.807) is 39.2 Å². The lowest BCUT2D eigenvalue weighted by atomic mass is 9.98. The molecule has 3 aromatic rings. The van der Waals surface area contributed by atoms with Crippen molar-refractivity contribution in [2.45, 2.75) is 20.5 Å². The second-order valence-corrected chi connectivity index (χ2v) is 7.61. The fourth-order valence-electron chi connectivity index (χ4n) is 3.88. The molecule has 3 rings (SSSR count). The quantitative estimate of drug-likeness (QED) is 0.384. The van der Waals surface area contributed by atoms with Gasteiger partial charge < -0.3 is 18.9 Å². The summed E-state index contributed by atoms with van der Waals surface area (Å²) in [7, 11) is 8.49. The van der Waals surface area contributed by atoms with Gasteiger partial charge in [-0.1, -0.05) is 35.9 Å². The van der Waals surface area contributed by atoms with Gasteiger partial charge in [-0.3, -0.25) is 0 Å². The number of rotatable bonds is 8. The molecule has 32 heavy (non-hydrogen) atoms. The van der Waals surface area contributed by atoms with Crippen molar-refractivity contribution in [1.29, 1.82) is 0 Å². The maximum absolute atomic E-state index is 5.72. The highest BCUT2D eigenvalue weighted by Crippen LogP contribution is 2.35. The molecule has 0 aliphatic rings. The fourth-order valence-corrected chi connectivity index (χ4v) is 3.88. The summed E-state index contributed by atoms with van der Waals surface area (Å²) >= 11 is 0. The molecule has 0 fully saturated rings. The molecule has 0 radical (unpaired) electrons. The van der Waals surface area contributed by atoms with E-state index in [0.717, 1.165) is 39.1 Å². The third-order valence-electron chi connectivity index (χ3n) is 5.36. The molecule has 0 spiro atoms. The van der Waals surface area contributed by atoms with Crippen LogP contribution in [0.2, 0.25) is 0 Å². The molecule has 6 nitrogen and oxygen atoms in total. The van der Waals surface area contributed by atoms with Crippen molar-refractivity contribution in [1.82, 2.24) is 4.98 Å². The Labute approximate surface area is 190 Å². The Bertz CT molecular complexity index is 1140. The standard InChI is InChI=1S/C26H31N2O4/c1-17-8-9-19(22(12-17)16-29-4)10-11-20-14-21(13-18(2)24(20)30-5)23-15-27-26(32-7)28(3)25(23)31-6/h8-15H,16H2,1-7H3/q+1. The Hall–Kier alpha value is -3.38. The lowest BCUT2D eigenvalue weighted by Gasteiger charge is -2.14. The van der Waals surface area contributed by atoms with E-state index in [4.69, 9.17) is 18.9 Å². The first-order valence-electron chi connectivity index (χ1n) is 10.4. The Kier molecular flexibility index (Phi) is 7.49. The molecule has 0 bridgehead atoms. The Balaban J connectivity index is 2.12. The summed E-state index contributed by atoms with van der Waals surface area (Å²) in [6, 6.07) is 11.0. The minimum Gasteiger partial charge on any atom is -0.496 e. The summed E-state index contributed by atoms with van der Waals surface area (Å²) in [6.07, 6.45) is 5.93. The zero-order valence-electron chi connectivity index (χ0n) is 19.9. The van der Waals surface area contributed by atoms with Gasteiger partial charge in [-0.05, 0) is 53.2 Å². The van der Waals surface area contributed by atoms with Crippen molar-refractivity contribution in [3.8, 4) is 28.8 Å². The average Bonchev–Trinajstić information content (AvgIpc) is 2.78. The normalized spacial score (nSPS) is 11.1. The number of benzene rings is 2. The molecule has 2 aromatic carbocycles. The average molecular weight is 436 g/mol. The predicted molar refractivity (Wildman–Crippen MR) is 126 cm³/mol. The van der Waals surface area contributed by atoms with Crippen molar-refractivity contribution in [3.63, 3.8) is 0 Å². The third kappa shape index (κ3) is 4.75. The van der Waals surface area contributed by atoms with Gasteiger partial charge in [0.15, 0.2) is 6.20 Å². The molecule has 0 amide bonds. The summed E-state index contributed by atoms with van der Waals surface area (Å²) in [4.78, 5) is 4.42. The van der Waals surface area contributed by atoms with Gasteiger partial charge in [0.25, 0.3) is 5.88 Å².